The number of likely N-dealkylation sites (tertiary alicyclic amines) is 1. The molecule has 22 heavy (non-hydrogen) atoms. The van der Waals surface area contributed by atoms with Crippen molar-refractivity contribution in [3.63, 3.8) is 0 Å². The molecule has 0 spiro atoms. The number of aromatic nitrogens is 2. The fourth-order valence-electron chi connectivity index (χ4n) is 3.36. The molecule has 2 aliphatic rings. The standard InChI is InChI=1S/C17H25N3O2/c1-2-15-18-17(19-22-15)14-9-6-10-20(12-14)16(21)11-13-7-4-3-5-8-13/h7,14H,2-6,8-12H2,1H3. The summed E-state index contributed by atoms with van der Waals surface area (Å²) in [5.74, 6) is 1.94. The maximum atomic E-state index is 12.5. The monoisotopic (exact) mass is 303 g/mol. The Morgan fingerprint density at radius 3 is 3.05 bits per heavy atom. The summed E-state index contributed by atoms with van der Waals surface area (Å²) in [6.45, 7) is 3.60. The summed E-state index contributed by atoms with van der Waals surface area (Å²) in [5.41, 5.74) is 1.33. The Balaban J connectivity index is 1.59. The predicted molar refractivity (Wildman–Crippen MR) is 83.4 cm³/mol. The number of rotatable bonds is 4. The topological polar surface area (TPSA) is 59.2 Å². The minimum Gasteiger partial charge on any atom is -0.342 e. The van der Waals surface area contributed by atoms with Gasteiger partial charge >= 0.3 is 0 Å². The van der Waals surface area contributed by atoms with E-state index in [9.17, 15) is 4.79 Å². The van der Waals surface area contributed by atoms with E-state index >= 15 is 0 Å². The molecule has 1 fully saturated rings. The van der Waals surface area contributed by atoms with Crippen molar-refractivity contribution in [1.29, 1.82) is 0 Å². The van der Waals surface area contributed by atoms with E-state index in [1.807, 2.05) is 11.8 Å². The van der Waals surface area contributed by atoms with Crippen molar-refractivity contribution >= 4 is 5.91 Å². The first-order chi connectivity index (χ1) is 10.8. The third-order valence-electron chi connectivity index (χ3n) is 4.69. The normalized spacial score (nSPS) is 22.5. The highest BCUT2D eigenvalue weighted by molar-refractivity contribution is 5.79. The molecule has 0 N–H and O–H groups in total. The van der Waals surface area contributed by atoms with E-state index in [2.05, 4.69) is 16.2 Å². The number of carbonyl (C=O) groups excluding carboxylic acids is 1. The summed E-state index contributed by atoms with van der Waals surface area (Å²) < 4.78 is 5.21. The molecule has 1 aliphatic heterocycles. The zero-order chi connectivity index (χ0) is 15.4. The van der Waals surface area contributed by atoms with Crippen LogP contribution in [0.5, 0.6) is 0 Å². The Morgan fingerprint density at radius 2 is 2.32 bits per heavy atom. The fourth-order valence-corrected chi connectivity index (χ4v) is 3.36. The van der Waals surface area contributed by atoms with Gasteiger partial charge in [0.15, 0.2) is 5.82 Å². The summed E-state index contributed by atoms with van der Waals surface area (Å²) in [4.78, 5) is 19.0. The largest absolute Gasteiger partial charge is 0.342 e. The molecule has 0 aromatic carbocycles. The van der Waals surface area contributed by atoms with Crippen LogP contribution in [0.4, 0.5) is 0 Å². The van der Waals surface area contributed by atoms with Crippen molar-refractivity contribution in [3.05, 3.63) is 23.4 Å². The second kappa shape index (κ2) is 7.07. The van der Waals surface area contributed by atoms with Gasteiger partial charge in [-0.15, -0.1) is 0 Å². The lowest BCUT2D eigenvalue weighted by molar-refractivity contribution is -0.131. The SMILES string of the molecule is CCc1nc(C2CCCN(C(=O)CC3=CCCCC3)C2)no1. The zero-order valence-electron chi connectivity index (χ0n) is 13.4. The molecule has 5 heteroatoms. The molecule has 1 aromatic heterocycles. The van der Waals surface area contributed by atoms with Crippen LogP contribution in [0.15, 0.2) is 16.2 Å². The summed E-state index contributed by atoms with van der Waals surface area (Å²) in [7, 11) is 0. The fraction of sp³-hybridized carbons (Fsp3) is 0.706. The third-order valence-corrected chi connectivity index (χ3v) is 4.69. The van der Waals surface area contributed by atoms with Crippen LogP contribution >= 0.6 is 0 Å². The van der Waals surface area contributed by atoms with Gasteiger partial charge in [0.2, 0.25) is 11.8 Å². The van der Waals surface area contributed by atoms with E-state index in [-0.39, 0.29) is 11.8 Å². The molecule has 5 nitrogen and oxygen atoms in total. The molecule has 1 unspecified atom stereocenters. The number of hydrogen-bond donors (Lipinski definition) is 0. The molecule has 1 aromatic rings. The van der Waals surface area contributed by atoms with Gasteiger partial charge in [-0.25, -0.2) is 0 Å². The Morgan fingerprint density at radius 1 is 1.41 bits per heavy atom. The lowest BCUT2D eigenvalue weighted by Gasteiger charge is -2.31. The van der Waals surface area contributed by atoms with Crippen LogP contribution in [0, 0.1) is 0 Å². The van der Waals surface area contributed by atoms with Crippen molar-refractivity contribution in [2.75, 3.05) is 13.1 Å². The van der Waals surface area contributed by atoms with E-state index in [4.69, 9.17) is 4.52 Å². The minimum absolute atomic E-state index is 0.224. The molecular weight excluding hydrogens is 278 g/mol. The van der Waals surface area contributed by atoms with Crippen LogP contribution < -0.4 is 0 Å². The number of hydrogen-bond acceptors (Lipinski definition) is 4. The van der Waals surface area contributed by atoms with Gasteiger partial charge in [0.1, 0.15) is 0 Å². The van der Waals surface area contributed by atoms with E-state index in [1.165, 1.54) is 18.4 Å². The van der Waals surface area contributed by atoms with Crippen molar-refractivity contribution in [2.24, 2.45) is 0 Å². The minimum atomic E-state index is 0.224. The maximum absolute atomic E-state index is 12.5. The van der Waals surface area contributed by atoms with Gasteiger partial charge in [0.25, 0.3) is 0 Å². The molecule has 1 amide bonds. The van der Waals surface area contributed by atoms with Crippen LogP contribution in [0.1, 0.15) is 69.5 Å². The molecule has 120 valence electrons. The third kappa shape index (κ3) is 3.57. The molecule has 1 aliphatic carbocycles. The van der Waals surface area contributed by atoms with Crippen LogP contribution in [0.3, 0.4) is 0 Å². The average molecular weight is 303 g/mol. The lowest BCUT2D eigenvalue weighted by Crippen LogP contribution is -2.39. The molecule has 0 saturated carbocycles. The number of allylic oxidation sites excluding steroid dienone is 1. The molecule has 2 heterocycles. The number of piperidine rings is 1. The highest BCUT2D eigenvalue weighted by atomic mass is 16.5. The van der Waals surface area contributed by atoms with E-state index < -0.39 is 0 Å². The van der Waals surface area contributed by atoms with Gasteiger partial charge in [-0.2, -0.15) is 4.98 Å². The lowest BCUT2D eigenvalue weighted by atomic mass is 9.94. The van der Waals surface area contributed by atoms with Crippen molar-refractivity contribution in [3.8, 4) is 0 Å². The Kier molecular flexibility index (Phi) is 4.90. The first-order valence-corrected chi connectivity index (χ1v) is 8.54. The smallest absolute Gasteiger partial charge is 0.226 e. The first-order valence-electron chi connectivity index (χ1n) is 8.54. The second-order valence-electron chi connectivity index (χ2n) is 6.36. The van der Waals surface area contributed by atoms with Crippen molar-refractivity contribution in [1.82, 2.24) is 15.0 Å². The Labute approximate surface area is 131 Å². The van der Waals surface area contributed by atoms with Crippen molar-refractivity contribution < 1.29 is 9.32 Å². The van der Waals surface area contributed by atoms with Gasteiger partial charge < -0.3 is 9.42 Å². The molecule has 1 atom stereocenters. The van der Waals surface area contributed by atoms with E-state index in [0.29, 0.717) is 12.3 Å². The van der Waals surface area contributed by atoms with Crippen LogP contribution in [-0.4, -0.2) is 34.0 Å². The van der Waals surface area contributed by atoms with E-state index in [0.717, 1.165) is 51.0 Å². The molecule has 0 radical (unpaired) electrons. The summed E-state index contributed by atoms with van der Waals surface area (Å²) >= 11 is 0. The number of carbonyl (C=O) groups is 1. The molecule has 0 bridgehead atoms. The molecule has 1 saturated heterocycles. The Bertz CT molecular complexity index is 550. The van der Waals surface area contributed by atoms with Crippen LogP contribution in [0.2, 0.25) is 0 Å². The number of nitrogens with zero attached hydrogens (tertiary/aromatic N) is 3. The average Bonchev–Trinajstić information content (AvgIpc) is 3.05. The molecular formula is C17H25N3O2. The highest BCUT2D eigenvalue weighted by Gasteiger charge is 2.28. The van der Waals surface area contributed by atoms with Gasteiger partial charge in [0.05, 0.1) is 0 Å². The Hall–Kier alpha value is -1.65. The number of amides is 1. The quantitative estimate of drug-likeness (QED) is 0.801. The summed E-state index contributed by atoms with van der Waals surface area (Å²) in [6.07, 6.45) is 10.4. The van der Waals surface area contributed by atoms with Gasteiger partial charge in [0, 0.05) is 31.8 Å². The summed E-state index contributed by atoms with van der Waals surface area (Å²) in [5, 5.41) is 4.08. The van der Waals surface area contributed by atoms with Crippen molar-refractivity contribution in [2.45, 2.75) is 64.2 Å². The second-order valence-corrected chi connectivity index (χ2v) is 6.36. The van der Waals surface area contributed by atoms with Crippen LogP contribution in [0.25, 0.3) is 0 Å². The predicted octanol–water partition coefficient (Wildman–Crippen LogP) is 3.23. The zero-order valence-corrected chi connectivity index (χ0v) is 13.4. The first kappa shape index (κ1) is 15.3. The van der Waals surface area contributed by atoms with E-state index in [1.54, 1.807) is 0 Å². The molecule has 3 rings (SSSR count). The number of aryl methyl sites for hydroxylation is 1. The summed E-state index contributed by atoms with van der Waals surface area (Å²) in [6, 6.07) is 0. The van der Waals surface area contributed by atoms with Gasteiger partial charge in [-0.05, 0) is 38.5 Å². The highest BCUT2D eigenvalue weighted by Crippen LogP contribution is 2.27. The van der Waals surface area contributed by atoms with Gasteiger partial charge in [-0.3, -0.25) is 4.79 Å². The maximum Gasteiger partial charge on any atom is 0.226 e. The van der Waals surface area contributed by atoms with Crippen LogP contribution in [-0.2, 0) is 11.2 Å². The van der Waals surface area contributed by atoms with Gasteiger partial charge in [-0.1, -0.05) is 23.7 Å².